The summed E-state index contributed by atoms with van der Waals surface area (Å²) >= 11 is 11.7. The Labute approximate surface area is 192 Å². The van der Waals surface area contributed by atoms with Gasteiger partial charge in [0.05, 0.1) is 18.2 Å². The lowest BCUT2D eigenvalue weighted by Gasteiger charge is -2.26. The molecule has 1 saturated heterocycles. The van der Waals surface area contributed by atoms with Crippen LogP contribution in [-0.2, 0) is 4.79 Å². The quantitative estimate of drug-likeness (QED) is 0.264. The van der Waals surface area contributed by atoms with Crippen LogP contribution in [0.5, 0.6) is 5.88 Å². The number of anilines is 2. The van der Waals surface area contributed by atoms with Gasteiger partial charge < -0.3 is 14.5 Å². The summed E-state index contributed by atoms with van der Waals surface area (Å²) in [7, 11) is 0. The van der Waals surface area contributed by atoms with Gasteiger partial charge in [0, 0.05) is 30.5 Å². The van der Waals surface area contributed by atoms with Gasteiger partial charge in [-0.2, -0.15) is 10.1 Å². The van der Waals surface area contributed by atoms with Gasteiger partial charge in [0.1, 0.15) is 0 Å². The number of halogens is 2. The molecule has 1 fully saturated rings. The van der Waals surface area contributed by atoms with Crippen molar-refractivity contribution in [1.29, 1.82) is 0 Å². The summed E-state index contributed by atoms with van der Waals surface area (Å²) in [6.45, 7) is 3.58. The zero-order valence-corrected chi connectivity index (χ0v) is 18.9. The van der Waals surface area contributed by atoms with Gasteiger partial charge >= 0.3 is 0 Å². The third-order valence-electron chi connectivity index (χ3n) is 4.76. The predicted molar refractivity (Wildman–Crippen MR) is 124 cm³/mol. The fraction of sp³-hybridized carbons (Fsp3) is 0.429. The lowest BCUT2D eigenvalue weighted by atomic mass is 10.1. The van der Waals surface area contributed by atoms with Crippen LogP contribution in [0.1, 0.15) is 30.5 Å². The minimum atomic E-state index is -0.376. The molecule has 1 N–H and O–H groups in total. The number of aryl methyl sites for hydroxylation is 1. The number of ether oxygens (including phenoxy) is 1. The number of hydrazone groups is 1. The second-order valence-electron chi connectivity index (χ2n) is 7.15. The van der Waals surface area contributed by atoms with Crippen LogP contribution in [0.4, 0.5) is 11.6 Å². The number of rotatable bonds is 9. The van der Waals surface area contributed by atoms with E-state index in [0.29, 0.717) is 23.8 Å². The average Bonchev–Trinajstić information content (AvgIpc) is 2.80. The van der Waals surface area contributed by atoms with Crippen LogP contribution in [0, 0.1) is 6.92 Å². The highest BCUT2D eigenvalue weighted by Gasteiger charge is 2.15. The smallest absolute Gasteiger partial charge is 0.278 e. The summed E-state index contributed by atoms with van der Waals surface area (Å²) in [5.41, 5.74) is 4.98. The molecule has 31 heavy (non-hydrogen) atoms. The van der Waals surface area contributed by atoms with Gasteiger partial charge in [-0.3, -0.25) is 4.79 Å². The van der Waals surface area contributed by atoms with Crippen molar-refractivity contribution >= 4 is 47.0 Å². The van der Waals surface area contributed by atoms with Gasteiger partial charge in [-0.05, 0) is 43.9 Å². The Morgan fingerprint density at radius 3 is 2.58 bits per heavy atom. The SMILES string of the molecule is Cc1cc(OCC(=O)NN=Cc2ccc(N(CCl)CCl)cc2)nc(N2CCCCC2)n1. The molecule has 2 aromatic rings. The van der Waals surface area contributed by atoms with Gasteiger partial charge in [0.15, 0.2) is 6.61 Å². The third kappa shape index (κ3) is 6.97. The van der Waals surface area contributed by atoms with E-state index in [1.165, 1.54) is 6.42 Å². The largest absolute Gasteiger partial charge is 0.467 e. The second-order valence-corrected chi connectivity index (χ2v) is 7.63. The number of carbonyl (C=O) groups is 1. The number of hydrogen-bond donors (Lipinski definition) is 1. The van der Waals surface area contributed by atoms with E-state index >= 15 is 0 Å². The summed E-state index contributed by atoms with van der Waals surface area (Å²) in [5.74, 6) is 0.656. The van der Waals surface area contributed by atoms with Gasteiger partial charge in [0.2, 0.25) is 11.8 Å². The Hall–Kier alpha value is -2.58. The fourth-order valence-corrected chi connectivity index (χ4v) is 3.66. The minimum Gasteiger partial charge on any atom is -0.467 e. The Morgan fingerprint density at radius 2 is 1.90 bits per heavy atom. The number of carbonyl (C=O) groups excluding carboxylic acids is 1. The zero-order chi connectivity index (χ0) is 22.1. The molecule has 1 aromatic carbocycles. The maximum absolute atomic E-state index is 12.1. The summed E-state index contributed by atoms with van der Waals surface area (Å²) in [5, 5.41) is 3.97. The fourth-order valence-electron chi connectivity index (χ4n) is 3.13. The van der Waals surface area contributed by atoms with E-state index in [2.05, 4.69) is 25.4 Å². The number of hydrogen-bond acceptors (Lipinski definition) is 7. The molecule has 10 heteroatoms. The number of nitrogens with zero attached hydrogens (tertiary/aromatic N) is 5. The molecule has 1 aromatic heterocycles. The Morgan fingerprint density at radius 1 is 1.19 bits per heavy atom. The van der Waals surface area contributed by atoms with Crippen molar-refractivity contribution in [3.05, 3.63) is 41.6 Å². The Bertz CT molecular complexity index is 884. The van der Waals surface area contributed by atoms with E-state index in [4.69, 9.17) is 27.9 Å². The molecule has 0 radical (unpaired) electrons. The molecule has 0 atom stereocenters. The van der Waals surface area contributed by atoms with E-state index < -0.39 is 0 Å². The predicted octanol–water partition coefficient (Wildman–Crippen LogP) is 3.50. The summed E-state index contributed by atoms with van der Waals surface area (Å²) in [4.78, 5) is 24.9. The van der Waals surface area contributed by atoms with Crippen LogP contribution in [-0.4, -0.2) is 53.8 Å². The monoisotopic (exact) mass is 464 g/mol. The standard InChI is InChI=1S/C21H26Cl2N6O2/c1-16-11-20(26-21(25-16)28-9-3-2-4-10-28)31-13-19(30)27-24-12-17-5-7-18(8-6-17)29(14-22)15-23/h5-8,11-12H,2-4,9-10,13-15H2,1H3,(H,27,30). The number of benzene rings is 1. The summed E-state index contributed by atoms with van der Waals surface area (Å²) in [6, 6.07) is 9.81. The number of nitrogens with one attached hydrogen (secondary N) is 1. The van der Waals surface area contributed by atoms with E-state index in [1.54, 1.807) is 17.2 Å². The summed E-state index contributed by atoms with van der Waals surface area (Å²) < 4.78 is 5.56. The molecule has 1 aliphatic heterocycles. The van der Waals surface area contributed by atoms with Crippen LogP contribution < -0.4 is 20.0 Å². The van der Waals surface area contributed by atoms with Crippen LogP contribution in [0.15, 0.2) is 35.4 Å². The normalized spacial score (nSPS) is 14.0. The molecule has 0 aliphatic carbocycles. The average molecular weight is 465 g/mol. The van der Waals surface area contributed by atoms with Crippen molar-refractivity contribution in [2.75, 3.05) is 41.5 Å². The first-order chi connectivity index (χ1) is 15.1. The lowest BCUT2D eigenvalue weighted by Crippen LogP contribution is -2.31. The Kier molecular flexibility index (Phi) is 8.73. The lowest BCUT2D eigenvalue weighted by molar-refractivity contribution is -0.123. The zero-order valence-electron chi connectivity index (χ0n) is 17.4. The van der Waals surface area contributed by atoms with Crippen LogP contribution in [0.25, 0.3) is 0 Å². The molecule has 166 valence electrons. The molecule has 0 spiro atoms. The van der Waals surface area contributed by atoms with Crippen LogP contribution in [0.2, 0.25) is 0 Å². The molecule has 0 bridgehead atoms. The summed E-state index contributed by atoms with van der Waals surface area (Å²) in [6.07, 6.45) is 5.05. The number of aromatic nitrogens is 2. The second kappa shape index (κ2) is 11.7. The third-order valence-corrected chi connectivity index (χ3v) is 5.34. The van der Waals surface area contributed by atoms with Gasteiger partial charge in [-0.1, -0.05) is 12.1 Å². The van der Waals surface area contributed by atoms with Crippen LogP contribution >= 0.6 is 23.2 Å². The Balaban J connectivity index is 1.49. The molecule has 2 heterocycles. The highest BCUT2D eigenvalue weighted by Crippen LogP contribution is 2.19. The maximum atomic E-state index is 12.1. The van der Waals surface area contributed by atoms with Crippen molar-refractivity contribution in [2.45, 2.75) is 26.2 Å². The topological polar surface area (TPSA) is 82.9 Å². The molecule has 3 rings (SSSR count). The van der Waals surface area contributed by atoms with Crippen molar-refractivity contribution < 1.29 is 9.53 Å². The molecule has 8 nitrogen and oxygen atoms in total. The van der Waals surface area contributed by atoms with Gasteiger partial charge in [0.25, 0.3) is 5.91 Å². The molecular weight excluding hydrogens is 439 g/mol. The van der Waals surface area contributed by atoms with Crippen molar-refractivity contribution in [3.8, 4) is 5.88 Å². The minimum absolute atomic E-state index is 0.188. The first kappa shape index (κ1) is 23.1. The van der Waals surface area contributed by atoms with Crippen molar-refractivity contribution in [2.24, 2.45) is 5.10 Å². The van der Waals surface area contributed by atoms with Crippen molar-refractivity contribution in [1.82, 2.24) is 15.4 Å². The van der Waals surface area contributed by atoms with Crippen LogP contribution in [0.3, 0.4) is 0 Å². The van der Waals surface area contributed by atoms with E-state index in [-0.39, 0.29) is 12.5 Å². The first-order valence-electron chi connectivity index (χ1n) is 10.1. The van der Waals surface area contributed by atoms with E-state index in [1.807, 2.05) is 31.2 Å². The number of alkyl halides is 2. The molecule has 1 aliphatic rings. The first-order valence-corrected chi connectivity index (χ1v) is 11.2. The molecule has 0 unspecified atom stereocenters. The van der Waals surface area contributed by atoms with E-state index in [0.717, 1.165) is 42.9 Å². The van der Waals surface area contributed by atoms with Crippen molar-refractivity contribution in [3.63, 3.8) is 0 Å². The van der Waals surface area contributed by atoms with Gasteiger partial charge in [-0.15, -0.1) is 23.2 Å². The van der Waals surface area contributed by atoms with Gasteiger partial charge in [-0.25, -0.2) is 10.4 Å². The highest BCUT2D eigenvalue weighted by atomic mass is 35.5. The highest BCUT2D eigenvalue weighted by molar-refractivity contribution is 6.22. The molecule has 0 saturated carbocycles. The number of amides is 1. The maximum Gasteiger partial charge on any atom is 0.278 e. The number of piperidine rings is 1. The molecular formula is C21H26Cl2N6O2. The van der Waals surface area contributed by atoms with E-state index in [9.17, 15) is 4.79 Å². The molecule has 1 amide bonds.